The third kappa shape index (κ3) is 4.63. The van der Waals surface area contributed by atoms with Crippen LogP contribution >= 0.6 is 23.2 Å². The molecule has 3 nitrogen and oxygen atoms in total. The zero-order valence-corrected chi connectivity index (χ0v) is 11.6. The number of aromatic nitrogens is 2. The van der Waals surface area contributed by atoms with Crippen molar-refractivity contribution in [2.75, 3.05) is 13.2 Å². The Kier molecular flexibility index (Phi) is 6.18. The van der Waals surface area contributed by atoms with Crippen LogP contribution in [0, 0.1) is 0 Å². The molecule has 0 saturated carbocycles. The van der Waals surface area contributed by atoms with Crippen LogP contribution in [-0.4, -0.2) is 29.6 Å². The zero-order chi connectivity index (χ0) is 13.7. The molecule has 0 N–H and O–H groups in total. The number of nitrogens with zero attached hydrogens (tertiary/aromatic N) is 2. The van der Waals surface area contributed by atoms with Gasteiger partial charge in [0.2, 0.25) is 0 Å². The SMILES string of the molecule is CC(C)c1c(Cl)nc(CCOCC(F)F)nc1Cl. The van der Waals surface area contributed by atoms with Crippen molar-refractivity contribution in [2.24, 2.45) is 0 Å². The van der Waals surface area contributed by atoms with E-state index < -0.39 is 13.0 Å². The van der Waals surface area contributed by atoms with Crippen LogP contribution in [0.5, 0.6) is 0 Å². The maximum atomic E-state index is 11.8. The van der Waals surface area contributed by atoms with Gasteiger partial charge in [-0.3, -0.25) is 0 Å². The fourth-order valence-corrected chi connectivity index (χ4v) is 2.24. The molecule has 18 heavy (non-hydrogen) atoms. The highest BCUT2D eigenvalue weighted by Crippen LogP contribution is 2.28. The van der Waals surface area contributed by atoms with E-state index in [1.165, 1.54) is 0 Å². The van der Waals surface area contributed by atoms with Crippen LogP contribution in [0.4, 0.5) is 8.78 Å². The molecule has 0 spiro atoms. The second kappa shape index (κ2) is 7.16. The van der Waals surface area contributed by atoms with Crippen LogP contribution in [0.3, 0.4) is 0 Å². The Morgan fingerprint density at radius 3 is 2.17 bits per heavy atom. The number of hydrogen-bond acceptors (Lipinski definition) is 3. The number of ether oxygens (including phenoxy) is 1. The average Bonchev–Trinajstić information content (AvgIpc) is 2.22. The van der Waals surface area contributed by atoms with E-state index in [0.29, 0.717) is 28.1 Å². The van der Waals surface area contributed by atoms with E-state index in [0.717, 1.165) is 0 Å². The third-order valence-electron chi connectivity index (χ3n) is 2.19. The van der Waals surface area contributed by atoms with Crippen molar-refractivity contribution in [1.82, 2.24) is 9.97 Å². The largest absolute Gasteiger partial charge is 0.375 e. The highest BCUT2D eigenvalue weighted by atomic mass is 35.5. The minimum atomic E-state index is -2.47. The van der Waals surface area contributed by atoms with Crippen molar-refractivity contribution in [2.45, 2.75) is 32.6 Å². The summed E-state index contributed by atoms with van der Waals surface area (Å²) in [4.78, 5) is 8.15. The van der Waals surface area contributed by atoms with Crippen LogP contribution < -0.4 is 0 Å². The maximum Gasteiger partial charge on any atom is 0.261 e. The topological polar surface area (TPSA) is 35.0 Å². The first kappa shape index (κ1) is 15.5. The summed E-state index contributed by atoms with van der Waals surface area (Å²) in [5, 5.41) is 0.600. The summed E-state index contributed by atoms with van der Waals surface area (Å²) < 4.78 is 28.4. The lowest BCUT2D eigenvalue weighted by molar-refractivity contribution is 0.0183. The molecule has 0 aliphatic rings. The summed E-state index contributed by atoms with van der Waals surface area (Å²) in [5.41, 5.74) is 0.690. The Morgan fingerprint density at radius 2 is 1.72 bits per heavy atom. The molecule has 7 heteroatoms. The molecule has 0 aliphatic carbocycles. The summed E-state index contributed by atoms with van der Waals surface area (Å²) in [7, 11) is 0. The summed E-state index contributed by atoms with van der Waals surface area (Å²) in [6.07, 6.45) is -2.17. The first-order chi connectivity index (χ1) is 8.41. The van der Waals surface area contributed by atoms with Crippen LogP contribution in [0.2, 0.25) is 10.3 Å². The molecular formula is C11H14Cl2F2N2O. The predicted molar refractivity (Wildman–Crippen MR) is 66.7 cm³/mol. The van der Waals surface area contributed by atoms with Crippen LogP contribution in [0.25, 0.3) is 0 Å². The van der Waals surface area contributed by atoms with E-state index in [2.05, 4.69) is 9.97 Å². The Morgan fingerprint density at radius 1 is 1.17 bits per heavy atom. The fraction of sp³-hybridized carbons (Fsp3) is 0.636. The van der Waals surface area contributed by atoms with Gasteiger partial charge in [0.15, 0.2) is 0 Å². The van der Waals surface area contributed by atoms with Gasteiger partial charge in [0.25, 0.3) is 6.43 Å². The van der Waals surface area contributed by atoms with Gasteiger partial charge in [0.05, 0.1) is 6.61 Å². The molecule has 0 saturated heterocycles. The second-order valence-electron chi connectivity index (χ2n) is 4.01. The Labute approximate surface area is 114 Å². The van der Waals surface area contributed by atoms with Gasteiger partial charge in [0, 0.05) is 12.0 Å². The standard InChI is InChI=1S/C11H14Cl2F2N2O/c1-6(2)9-10(12)16-8(17-11(9)13)3-4-18-5-7(14)15/h6-7H,3-5H2,1-2H3. The highest BCUT2D eigenvalue weighted by Gasteiger charge is 2.14. The molecule has 0 radical (unpaired) electrons. The van der Waals surface area contributed by atoms with Gasteiger partial charge in [-0.15, -0.1) is 0 Å². The molecule has 102 valence electrons. The molecule has 0 amide bonds. The van der Waals surface area contributed by atoms with E-state index in [1.807, 2.05) is 13.8 Å². The van der Waals surface area contributed by atoms with Crippen molar-refractivity contribution >= 4 is 23.2 Å². The third-order valence-corrected chi connectivity index (χ3v) is 2.77. The molecule has 0 bridgehead atoms. The van der Waals surface area contributed by atoms with Crippen molar-refractivity contribution in [3.8, 4) is 0 Å². The Bertz CT molecular complexity index is 380. The molecule has 0 fully saturated rings. The minimum Gasteiger partial charge on any atom is -0.375 e. The van der Waals surface area contributed by atoms with Crippen LogP contribution in [0.15, 0.2) is 0 Å². The molecule has 0 atom stereocenters. The maximum absolute atomic E-state index is 11.8. The lowest BCUT2D eigenvalue weighted by Crippen LogP contribution is -2.09. The molecule has 1 aromatic rings. The fourth-order valence-electron chi connectivity index (χ4n) is 1.38. The smallest absolute Gasteiger partial charge is 0.261 e. The summed E-state index contributed by atoms with van der Waals surface area (Å²) in [6.45, 7) is 3.38. The van der Waals surface area contributed by atoms with Crippen LogP contribution in [-0.2, 0) is 11.2 Å². The van der Waals surface area contributed by atoms with Crippen LogP contribution in [0.1, 0.15) is 31.2 Å². The Hall–Kier alpha value is -0.520. The first-order valence-corrected chi connectivity index (χ1v) is 6.25. The monoisotopic (exact) mass is 298 g/mol. The van der Waals surface area contributed by atoms with E-state index in [1.54, 1.807) is 0 Å². The number of alkyl halides is 2. The molecule has 1 rings (SSSR count). The summed E-state index contributed by atoms with van der Waals surface area (Å²) >= 11 is 12.0. The molecule has 1 aromatic heterocycles. The normalized spacial score (nSPS) is 11.6. The number of hydrogen-bond donors (Lipinski definition) is 0. The molecule has 0 aromatic carbocycles. The number of halogens is 4. The lowest BCUT2D eigenvalue weighted by atomic mass is 10.1. The zero-order valence-electron chi connectivity index (χ0n) is 10.1. The molecule has 0 aliphatic heterocycles. The minimum absolute atomic E-state index is 0.109. The lowest BCUT2D eigenvalue weighted by Gasteiger charge is -2.11. The van der Waals surface area contributed by atoms with E-state index in [4.69, 9.17) is 27.9 Å². The first-order valence-electron chi connectivity index (χ1n) is 5.49. The average molecular weight is 299 g/mol. The van der Waals surface area contributed by atoms with Crippen molar-refractivity contribution < 1.29 is 13.5 Å². The van der Waals surface area contributed by atoms with E-state index >= 15 is 0 Å². The molecule has 1 heterocycles. The van der Waals surface area contributed by atoms with Gasteiger partial charge in [-0.05, 0) is 5.92 Å². The highest BCUT2D eigenvalue weighted by molar-refractivity contribution is 6.34. The van der Waals surface area contributed by atoms with Gasteiger partial charge >= 0.3 is 0 Å². The van der Waals surface area contributed by atoms with E-state index in [-0.39, 0.29) is 12.5 Å². The van der Waals surface area contributed by atoms with E-state index in [9.17, 15) is 8.78 Å². The van der Waals surface area contributed by atoms with Gasteiger partial charge in [-0.25, -0.2) is 18.7 Å². The summed E-state index contributed by atoms with van der Waals surface area (Å²) in [5.74, 6) is 0.512. The van der Waals surface area contributed by atoms with Crippen molar-refractivity contribution in [1.29, 1.82) is 0 Å². The second-order valence-corrected chi connectivity index (χ2v) is 4.72. The number of rotatable bonds is 6. The molecule has 0 unspecified atom stereocenters. The van der Waals surface area contributed by atoms with Gasteiger partial charge in [-0.2, -0.15) is 0 Å². The van der Waals surface area contributed by atoms with Gasteiger partial charge in [0.1, 0.15) is 22.7 Å². The Balaban J connectivity index is 2.63. The quantitative estimate of drug-likeness (QED) is 0.593. The summed E-state index contributed by atoms with van der Waals surface area (Å²) in [6, 6.07) is 0. The van der Waals surface area contributed by atoms with Gasteiger partial charge in [-0.1, -0.05) is 37.0 Å². The molecular weight excluding hydrogens is 285 g/mol. The van der Waals surface area contributed by atoms with Crippen molar-refractivity contribution in [3.05, 3.63) is 21.7 Å². The van der Waals surface area contributed by atoms with Gasteiger partial charge < -0.3 is 4.74 Å². The van der Waals surface area contributed by atoms with Crippen molar-refractivity contribution in [3.63, 3.8) is 0 Å². The predicted octanol–water partition coefficient (Wildman–Crippen LogP) is 3.73.